The number of methoxy groups -OCH3 is 1. The molecule has 2 aromatic carbocycles. The summed E-state index contributed by atoms with van der Waals surface area (Å²) in [6, 6.07) is 8.61. The molecule has 1 heterocycles. The molecule has 1 amide bonds. The number of nitrogens with two attached hydrogens (primary N) is 2. The van der Waals surface area contributed by atoms with Crippen LogP contribution >= 0.6 is 0 Å². The third kappa shape index (κ3) is 6.89. The fourth-order valence-corrected chi connectivity index (χ4v) is 4.55. The Morgan fingerprint density at radius 3 is 2.33 bits per heavy atom. The van der Waals surface area contributed by atoms with Crippen molar-refractivity contribution in [1.82, 2.24) is 5.10 Å². The van der Waals surface area contributed by atoms with Gasteiger partial charge < -0.3 is 15.8 Å². The van der Waals surface area contributed by atoms with Gasteiger partial charge in [-0.3, -0.25) is 14.5 Å². The van der Waals surface area contributed by atoms with Gasteiger partial charge in [0.15, 0.2) is 12.8 Å². The minimum atomic E-state index is -3.60. The summed E-state index contributed by atoms with van der Waals surface area (Å²) in [5, 5.41) is 7.32. The van der Waals surface area contributed by atoms with E-state index in [1.165, 1.54) is 12.1 Å². The highest BCUT2D eigenvalue weighted by Gasteiger charge is 2.23. The Hall–Kier alpha value is -4.03. The van der Waals surface area contributed by atoms with Crippen molar-refractivity contribution in [2.24, 2.45) is 18.6 Å². The zero-order chi connectivity index (χ0) is 29.3. The maximum absolute atomic E-state index is 13.4. The number of H-pyrrole nitrogens is 1. The minimum absolute atomic E-state index is 0.195. The summed E-state index contributed by atoms with van der Waals surface area (Å²) in [7, 11) is -0.311. The van der Waals surface area contributed by atoms with Crippen molar-refractivity contribution >= 4 is 38.7 Å². The molecule has 0 aliphatic heterocycles. The van der Waals surface area contributed by atoms with Crippen molar-refractivity contribution in [2.75, 3.05) is 28.4 Å². The van der Waals surface area contributed by atoms with Gasteiger partial charge in [-0.2, -0.15) is 5.10 Å². The predicted octanol–water partition coefficient (Wildman–Crippen LogP) is 3.02. The van der Waals surface area contributed by atoms with E-state index in [1.54, 1.807) is 42.7 Å². The summed E-state index contributed by atoms with van der Waals surface area (Å²) in [6.07, 6.45) is 4.44. The summed E-state index contributed by atoms with van der Waals surface area (Å²) < 4.78 is 33.9. The van der Waals surface area contributed by atoms with E-state index in [4.69, 9.17) is 16.3 Å². The molecule has 7 N–H and O–H groups in total. The number of aromatic amines is 1. The van der Waals surface area contributed by atoms with Crippen LogP contribution in [0.3, 0.4) is 0 Å². The van der Waals surface area contributed by atoms with Crippen LogP contribution in [-0.2, 0) is 22.5 Å². The lowest BCUT2D eigenvalue weighted by Gasteiger charge is -2.24. The molecule has 0 spiro atoms. The number of nitrogens with zero attached hydrogens (tertiary/aromatic N) is 2. The summed E-state index contributed by atoms with van der Waals surface area (Å²) in [5.74, 6) is 6.12. The number of carbonyl (C=O) groups excluding carboxylic acids is 1. The number of aromatic nitrogens is 2. The van der Waals surface area contributed by atoms with Crippen LogP contribution in [0.1, 0.15) is 53.5 Å². The molecular formula is C27H38N7O4S+. The predicted molar refractivity (Wildman–Crippen MR) is 155 cm³/mol. The van der Waals surface area contributed by atoms with Crippen LogP contribution in [0, 0.1) is 13.8 Å². The standard InChI is InChI=1S/C27H37N7O4S/c1-16-9-10-18(11-24(16)34(29)15-21(28)20-14-30-33(6)17(20)2)26(35)31-22-12-19(27(3,4)5)13-23(25(22)38-7)32-39(8,36)37/h9-15,32H,28-29H2,1-8H3,(H,31,35)/p+1/b21-15-. The second-order valence-corrected chi connectivity index (χ2v) is 12.3. The van der Waals surface area contributed by atoms with Crippen LogP contribution in [0.25, 0.3) is 5.70 Å². The fraction of sp³-hybridized carbons (Fsp3) is 0.333. The van der Waals surface area contributed by atoms with Gasteiger partial charge in [-0.15, -0.1) is 4.68 Å². The number of hydrogen-bond acceptors (Lipinski definition) is 7. The third-order valence-electron chi connectivity index (χ3n) is 6.34. The van der Waals surface area contributed by atoms with Crippen molar-refractivity contribution in [1.29, 1.82) is 0 Å². The molecule has 0 unspecified atom stereocenters. The van der Waals surface area contributed by atoms with E-state index in [0.29, 0.717) is 22.6 Å². The fourth-order valence-electron chi connectivity index (χ4n) is 4.00. The van der Waals surface area contributed by atoms with E-state index in [1.807, 2.05) is 46.3 Å². The first-order valence-corrected chi connectivity index (χ1v) is 14.1. The monoisotopic (exact) mass is 556 g/mol. The molecule has 39 heavy (non-hydrogen) atoms. The van der Waals surface area contributed by atoms with Gasteiger partial charge in [0, 0.05) is 18.7 Å². The Kier molecular flexibility index (Phi) is 8.32. The lowest BCUT2D eigenvalue weighted by molar-refractivity contribution is -0.732. The smallest absolute Gasteiger partial charge is 0.255 e. The molecule has 3 rings (SSSR count). The van der Waals surface area contributed by atoms with Gasteiger partial charge in [0.1, 0.15) is 0 Å². The summed E-state index contributed by atoms with van der Waals surface area (Å²) in [5.41, 5.74) is 11.3. The Morgan fingerprint density at radius 1 is 1.15 bits per heavy atom. The molecule has 0 radical (unpaired) electrons. The van der Waals surface area contributed by atoms with Gasteiger partial charge in [0.2, 0.25) is 15.7 Å². The third-order valence-corrected chi connectivity index (χ3v) is 6.93. The summed E-state index contributed by atoms with van der Waals surface area (Å²) >= 11 is 0. The number of rotatable bonds is 8. The maximum Gasteiger partial charge on any atom is 0.255 e. The highest BCUT2D eigenvalue weighted by molar-refractivity contribution is 7.92. The number of aryl methyl sites for hydroxylation is 2. The molecule has 210 valence electrons. The first kappa shape index (κ1) is 29.5. The zero-order valence-electron chi connectivity index (χ0n) is 23.6. The largest absolute Gasteiger partial charge is 0.492 e. The van der Waals surface area contributed by atoms with Gasteiger partial charge in [-0.25, -0.2) is 14.3 Å². The van der Waals surface area contributed by atoms with Gasteiger partial charge in [-0.05, 0) is 47.7 Å². The maximum atomic E-state index is 13.4. The van der Waals surface area contributed by atoms with Crippen LogP contribution in [-0.4, -0.2) is 32.8 Å². The van der Waals surface area contributed by atoms with E-state index < -0.39 is 15.9 Å². The number of amides is 1. The number of nitrogens with one attached hydrogen (secondary N) is 3. The van der Waals surface area contributed by atoms with Crippen molar-refractivity contribution in [3.63, 3.8) is 0 Å². The number of benzene rings is 2. The molecule has 11 nitrogen and oxygen atoms in total. The van der Waals surface area contributed by atoms with Crippen molar-refractivity contribution < 1.29 is 22.6 Å². The molecular weight excluding hydrogens is 518 g/mol. The van der Waals surface area contributed by atoms with E-state index in [-0.39, 0.29) is 16.9 Å². The number of hydrogen-bond donors (Lipinski definition) is 5. The second kappa shape index (κ2) is 11.0. The summed E-state index contributed by atoms with van der Waals surface area (Å²) in [6.45, 7) is 9.77. The molecule has 1 aromatic heterocycles. The molecule has 0 fully saturated rings. The van der Waals surface area contributed by atoms with Crippen LogP contribution in [0.15, 0.2) is 42.7 Å². The average Bonchev–Trinajstić information content (AvgIpc) is 3.15. The molecule has 0 saturated heterocycles. The van der Waals surface area contributed by atoms with E-state index >= 15 is 0 Å². The van der Waals surface area contributed by atoms with Crippen LogP contribution in [0.4, 0.5) is 17.1 Å². The van der Waals surface area contributed by atoms with Crippen molar-refractivity contribution in [2.45, 2.75) is 40.0 Å². The Labute approximate surface area is 229 Å². The molecule has 0 aliphatic rings. The first-order valence-electron chi connectivity index (χ1n) is 12.2. The first-order chi connectivity index (χ1) is 18.0. The molecule has 0 saturated carbocycles. The molecule has 3 aromatic rings. The topological polar surface area (TPSA) is 159 Å². The number of carbonyl (C=O) groups is 1. The van der Waals surface area contributed by atoms with E-state index in [0.717, 1.165) is 28.6 Å². The van der Waals surface area contributed by atoms with Crippen LogP contribution in [0.5, 0.6) is 5.75 Å². The summed E-state index contributed by atoms with van der Waals surface area (Å²) in [4.78, 5) is 13.4. The number of anilines is 3. The zero-order valence-corrected chi connectivity index (χ0v) is 24.4. The quantitative estimate of drug-likeness (QED) is 0.162. The molecule has 0 bridgehead atoms. The molecule has 12 heteroatoms. The Morgan fingerprint density at radius 2 is 1.79 bits per heavy atom. The number of hydrazine groups is 1. The number of sulfonamides is 1. The minimum Gasteiger partial charge on any atom is -0.492 e. The van der Waals surface area contributed by atoms with Gasteiger partial charge in [-0.1, -0.05) is 26.8 Å². The lowest BCUT2D eigenvalue weighted by atomic mass is 9.86. The SMILES string of the molecule is COc1c(NC(=O)c2ccc(C)c(N(N)/C=C(\N)c3c[nH][n+](C)c3C)c2)cc(C(C)(C)C)cc1NS(C)(=O)=O. The lowest BCUT2D eigenvalue weighted by Crippen LogP contribution is -2.33. The van der Waals surface area contributed by atoms with Crippen molar-refractivity contribution in [3.8, 4) is 5.75 Å². The molecule has 0 aliphatic carbocycles. The number of ether oxygens (including phenoxy) is 1. The van der Waals surface area contributed by atoms with Gasteiger partial charge in [0.25, 0.3) is 5.91 Å². The van der Waals surface area contributed by atoms with Gasteiger partial charge >= 0.3 is 0 Å². The Bertz CT molecular complexity index is 1540. The molecule has 0 atom stereocenters. The Balaban J connectivity index is 1.99. The van der Waals surface area contributed by atoms with Gasteiger partial charge in [0.05, 0.1) is 47.9 Å². The second-order valence-electron chi connectivity index (χ2n) is 10.5. The van der Waals surface area contributed by atoms with Crippen molar-refractivity contribution in [3.05, 3.63) is 70.7 Å². The van der Waals surface area contributed by atoms with Crippen LogP contribution < -0.4 is 36.0 Å². The normalized spacial score (nSPS) is 12.3. The highest BCUT2D eigenvalue weighted by Crippen LogP contribution is 2.39. The average molecular weight is 557 g/mol. The van der Waals surface area contributed by atoms with E-state index in [2.05, 4.69) is 15.1 Å². The van der Waals surface area contributed by atoms with Crippen LogP contribution in [0.2, 0.25) is 0 Å². The highest BCUT2D eigenvalue weighted by atomic mass is 32.2. The van der Waals surface area contributed by atoms with E-state index in [9.17, 15) is 13.2 Å².